The molecule has 1 aromatic rings. The molecule has 8 heteroatoms. The van der Waals surface area contributed by atoms with E-state index in [2.05, 4.69) is 4.72 Å². The smallest absolute Gasteiger partial charge is 0.232 e. The second-order valence-corrected chi connectivity index (χ2v) is 9.51. The van der Waals surface area contributed by atoms with Gasteiger partial charge in [-0.3, -0.25) is 4.31 Å². The molecule has 1 rings (SSSR count). The van der Waals surface area contributed by atoms with E-state index in [1.165, 1.54) is 4.31 Å². The van der Waals surface area contributed by atoms with Gasteiger partial charge in [0.2, 0.25) is 20.0 Å². The third kappa shape index (κ3) is 5.75. The van der Waals surface area contributed by atoms with Gasteiger partial charge >= 0.3 is 0 Å². The lowest BCUT2D eigenvalue weighted by molar-refractivity contribution is 0.577. The van der Waals surface area contributed by atoms with Crippen LogP contribution in [0.1, 0.15) is 38.3 Å². The van der Waals surface area contributed by atoms with Crippen LogP contribution >= 0.6 is 0 Å². The molecule has 0 heterocycles. The average molecular weight is 377 g/mol. The lowest BCUT2D eigenvalue weighted by atomic mass is 10.0. The summed E-state index contributed by atoms with van der Waals surface area (Å²) in [5, 5.41) is 0. The van der Waals surface area contributed by atoms with Crippen LogP contribution in [0, 0.1) is 0 Å². The van der Waals surface area contributed by atoms with Crippen LogP contribution in [-0.4, -0.2) is 41.9 Å². The fourth-order valence-electron chi connectivity index (χ4n) is 2.62. The first kappa shape index (κ1) is 20.9. The first-order valence-corrected chi connectivity index (χ1v) is 11.7. The first-order chi connectivity index (χ1) is 11.2. The van der Waals surface area contributed by atoms with Crippen molar-refractivity contribution < 1.29 is 16.8 Å². The number of para-hydroxylation sites is 1. The van der Waals surface area contributed by atoms with Gasteiger partial charge in [0.25, 0.3) is 0 Å². The zero-order valence-electron chi connectivity index (χ0n) is 14.9. The lowest BCUT2D eigenvalue weighted by Gasteiger charge is -2.27. The maximum Gasteiger partial charge on any atom is 0.232 e. The molecule has 0 amide bonds. The topological polar surface area (TPSA) is 83.6 Å². The van der Waals surface area contributed by atoms with Gasteiger partial charge in [0, 0.05) is 13.1 Å². The van der Waals surface area contributed by atoms with Gasteiger partial charge in [-0.1, -0.05) is 39.0 Å². The van der Waals surface area contributed by atoms with Gasteiger partial charge in [-0.2, -0.15) is 0 Å². The summed E-state index contributed by atoms with van der Waals surface area (Å²) in [4.78, 5) is 0. The average Bonchev–Trinajstić information content (AvgIpc) is 2.49. The van der Waals surface area contributed by atoms with Gasteiger partial charge in [0.1, 0.15) is 0 Å². The number of aryl methyl sites for hydroxylation is 2. The Balaban J connectivity index is 3.13. The molecule has 0 saturated carbocycles. The van der Waals surface area contributed by atoms with Crippen LogP contribution in [0.2, 0.25) is 0 Å². The molecule has 0 fully saturated rings. The summed E-state index contributed by atoms with van der Waals surface area (Å²) in [7, 11) is -6.87. The van der Waals surface area contributed by atoms with Crippen molar-refractivity contribution in [1.29, 1.82) is 0 Å². The number of hydrogen-bond donors (Lipinski definition) is 1. The summed E-state index contributed by atoms with van der Waals surface area (Å²) in [6.07, 6.45) is 3.08. The highest BCUT2D eigenvalue weighted by Gasteiger charge is 2.22. The number of benzene rings is 1. The minimum absolute atomic E-state index is 0.0393. The highest BCUT2D eigenvalue weighted by atomic mass is 32.2. The Morgan fingerprint density at radius 2 is 1.54 bits per heavy atom. The molecule has 0 atom stereocenters. The second-order valence-electron chi connectivity index (χ2n) is 5.68. The van der Waals surface area contributed by atoms with E-state index >= 15 is 0 Å². The number of rotatable bonds is 10. The van der Waals surface area contributed by atoms with E-state index in [0.717, 1.165) is 17.4 Å². The molecule has 0 saturated heterocycles. The molecule has 6 nitrogen and oxygen atoms in total. The Bertz CT molecular complexity index is 721. The number of sulfonamides is 2. The van der Waals surface area contributed by atoms with Crippen molar-refractivity contribution >= 4 is 25.7 Å². The van der Waals surface area contributed by atoms with Crippen molar-refractivity contribution in [3.05, 3.63) is 29.3 Å². The minimum atomic E-state index is -3.51. The summed E-state index contributed by atoms with van der Waals surface area (Å²) >= 11 is 0. The standard InChI is InChI=1S/C16H28N2O4S2/c1-5-13-24(21,22)17-11-12-18(23(4,19)20)16-14(6-2)9-8-10-15(16)7-3/h8-10,17H,5-7,11-13H2,1-4H3. The molecule has 0 aliphatic rings. The Morgan fingerprint density at radius 3 is 1.96 bits per heavy atom. The van der Waals surface area contributed by atoms with Crippen LogP contribution in [0.15, 0.2) is 18.2 Å². The summed E-state index contributed by atoms with van der Waals surface area (Å²) in [5.74, 6) is 0.0393. The normalized spacial score (nSPS) is 12.3. The van der Waals surface area contributed by atoms with Crippen molar-refractivity contribution in [1.82, 2.24) is 4.72 Å². The van der Waals surface area contributed by atoms with E-state index in [0.29, 0.717) is 24.9 Å². The molecule has 0 aliphatic heterocycles. The van der Waals surface area contributed by atoms with E-state index in [1.807, 2.05) is 32.0 Å². The van der Waals surface area contributed by atoms with Crippen LogP contribution in [0.5, 0.6) is 0 Å². The van der Waals surface area contributed by atoms with E-state index in [4.69, 9.17) is 0 Å². The number of nitrogens with one attached hydrogen (secondary N) is 1. The zero-order valence-corrected chi connectivity index (χ0v) is 16.5. The predicted octanol–water partition coefficient (Wildman–Crippen LogP) is 1.91. The van der Waals surface area contributed by atoms with Crippen LogP contribution in [-0.2, 0) is 32.9 Å². The molecular formula is C16H28N2O4S2. The van der Waals surface area contributed by atoms with E-state index in [1.54, 1.807) is 6.92 Å². The number of hydrogen-bond acceptors (Lipinski definition) is 4. The van der Waals surface area contributed by atoms with Crippen molar-refractivity contribution in [2.24, 2.45) is 0 Å². The summed E-state index contributed by atoms with van der Waals surface area (Å²) < 4.78 is 51.9. The fraction of sp³-hybridized carbons (Fsp3) is 0.625. The van der Waals surface area contributed by atoms with Gasteiger partial charge in [-0.05, 0) is 30.4 Å². The third-order valence-electron chi connectivity index (χ3n) is 3.72. The van der Waals surface area contributed by atoms with Gasteiger partial charge in [-0.15, -0.1) is 0 Å². The Hall–Kier alpha value is -1.12. The maximum atomic E-state index is 12.3. The predicted molar refractivity (Wildman–Crippen MR) is 99.5 cm³/mol. The van der Waals surface area contributed by atoms with Crippen LogP contribution < -0.4 is 9.03 Å². The van der Waals surface area contributed by atoms with Gasteiger partial charge in [0.15, 0.2) is 0 Å². The Morgan fingerprint density at radius 1 is 1.00 bits per heavy atom. The van der Waals surface area contributed by atoms with Gasteiger partial charge < -0.3 is 0 Å². The summed E-state index contributed by atoms with van der Waals surface area (Å²) in [6.45, 7) is 5.86. The zero-order chi connectivity index (χ0) is 18.4. The lowest BCUT2D eigenvalue weighted by Crippen LogP contribution is -2.39. The van der Waals surface area contributed by atoms with E-state index in [-0.39, 0.29) is 18.8 Å². The summed E-state index contributed by atoms with van der Waals surface area (Å²) in [6, 6.07) is 5.74. The quantitative estimate of drug-likeness (QED) is 0.676. The molecule has 1 aromatic carbocycles. The maximum absolute atomic E-state index is 12.3. The summed E-state index contributed by atoms with van der Waals surface area (Å²) in [5.41, 5.74) is 2.56. The molecule has 0 bridgehead atoms. The van der Waals surface area contributed by atoms with Gasteiger partial charge in [0.05, 0.1) is 17.7 Å². The van der Waals surface area contributed by atoms with E-state index in [9.17, 15) is 16.8 Å². The molecule has 24 heavy (non-hydrogen) atoms. The van der Waals surface area contributed by atoms with Crippen LogP contribution in [0.3, 0.4) is 0 Å². The Kier molecular flexibility index (Phi) is 7.69. The molecule has 0 unspecified atom stereocenters. The molecule has 0 spiro atoms. The highest BCUT2D eigenvalue weighted by molar-refractivity contribution is 7.92. The Labute approximate surface area is 146 Å². The molecule has 138 valence electrons. The van der Waals surface area contributed by atoms with Gasteiger partial charge in [-0.25, -0.2) is 21.6 Å². The number of nitrogens with zero attached hydrogens (tertiary/aromatic N) is 1. The largest absolute Gasteiger partial charge is 0.269 e. The SMILES string of the molecule is CCCS(=O)(=O)NCCN(c1c(CC)cccc1CC)S(C)(=O)=O. The van der Waals surface area contributed by atoms with E-state index < -0.39 is 20.0 Å². The minimum Gasteiger partial charge on any atom is -0.269 e. The second kappa shape index (κ2) is 8.82. The molecular weight excluding hydrogens is 348 g/mol. The highest BCUT2D eigenvalue weighted by Crippen LogP contribution is 2.28. The van der Waals surface area contributed by atoms with Crippen molar-refractivity contribution in [3.8, 4) is 0 Å². The van der Waals surface area contributed by atoms with Crippen LogP contribution in [0.4, 0.5) is 5.69 Å². The first-order valence-electron chi connectivity index (χ1n) is 8.22. The van der Waals surface area contributed by atoms with Crippen molar-refractivity contribution in [3.63, 3.8) is 0 Å². The fourth-order valence-corrected chi connectivity index (χ4v) is 4.70. The molecule has 0 aromatic heterocycles. The van der Waals surface area contributed by atoms with Crippen LogP contribution in [0.25, 0.3) is 0 Å². The molecule has 1 N–H and O–H groups in total. The monoisotopic (exact) mass is 376 g/mol. The third-order valence-corrected chi connectivity index (χ3v) is 6.48. The molecule has 0 radical (unpaired) electrons. The van der Waals surface area contributed by atoms with Crippen molar-refractivity contribution in [2.45, 2.75) is 40.0 Å². The van der Waals surface area contributed by atoms with Crippen molar-refractivity contribution in [2.75, 3.05) is 29.4 Å². The number of anilines is 1. The molecule has 0 aliphatic carbocycles.